The standard InChI is InChI=1S/C9H11NO5S2/c1-3(11)4-6(12)10-5(8(13)14)9(17(2)15)16-7(4)10/h3-4,7,11H,1-2H3,(H,13,14)/t3-,4+,7+,17?/m0/s1. The third-order valence-corrected chi connectivity index (χ3v) is 5.59. The highest BCUT2D eigenvalue weighted by molar-refractivity contribution is 8.19. The lowest BCUT2D eigenvalue weighted by atomic mass is 9.92. The van der Waals surface area contributed by atoms with Crippen molar-refractivity contribution in [1.82, 2.24) is 4.90 Å². The van der Waals surface area contributed by atoms with E-state index in [-0.39, 0.29) is 9.93 Å². The second-order valence-corrected chi connectivity index (χ2v) is 6.58. The van der Waals surface area contributed by atoms with Gasteiger partial charge in [0.1, 0.15) is 11.6 Å². The van der Waals surface area contributed by atoms with Crippen LogP contribution in [0.3, 0.4) is 0 Å². The minimum Gasteiger partial charge on any atom is -0.611 e. The summed E-state index contributed by atoms with van der Waals surface area (Å²) in [6.45, 7) is 1.49. The van der Waals surface area contributed by atoms with E-state index in [0.717, 1.165) is 16.7 Å². The molecule has 4 atom stereocenters. The molecule has 2 aliphatic rings. The number of thioether (sulfide) groups is 1. The molecule has 1 fully saturated rings. The first-order valence-corrected chi connectivity index (χ1v) is 7.28. The lowest BCUT2D eigenvalue weighted by molar-refractivity contribution is -0.156. The molecule has 2 heterocycles. The van der Waals surface area contributed by atoms with Crippen molar-refractivity contribution >= 4 is 34.8 Å². The molecule has 1 saturated heterocycles. The molecule has 0 saturated carbocycles. The average Bonchev–Trinajstić information content (AvgIpc) is 2.52. The lowest BCUT2D eigenvalue weighted by Gasteiger charge is -2.42. The Balaban J connectivity index is 2.33. The fourth-order valence-corrected chi connectivity index (χ4v) is 4.57. The number of aliphatic hydroxyl groups excluding tert-OH is 1. The summed E-state index contributed by atoms with van der Waals surface area (Å²) in [4.78, 5) is 23.9. The van der Waals surface area contributed by atoms with E-state index in [1.165, 1.54) is 13.2 Å². The van der Waals surface area contributed by atoms with Crippen LogP contribution in [0.25, 0.3) is 0 Å². The maximum absolute atomic E-state index is 11.7. The quantitative estimate of drug-likeness (QED) is 0.534. The molecule has 2 rings (SSSR count). The van der Waals surface area contributed by atoms with Crippen LogP contribution < -0.4 is 0 Å². The predicted octanol–water partition coefficient (Wildman–Crippen LogP) is -0.469. The van der Waals surface area contributed by atoms with Crippen LogP contribution in [0, 0.1) is 5.92 Å². The third kappa shape index (κ3) is 1.75. The van der Waals surface area contributed by atoms with Gasteiger partial charge >= 0.3 is 5.97 Å². The number of rotatable bonds is 3. The van der Waals surface area contributed by atoms with Gasteiger partial charge in [0.25, 0.3) is 0 Å². The Bertz CT molecular complexity index is 420. The maximum Gasteiger partial charge on any atom is 0.358 e. The van der Waals surface area contributed by atoms with Gasteiger partial charge in [-0.1, -0.05) is 0 Å². The largest absolute Gasteiger partial charge is 0.611 e. The lowest BCUT2D eigenvalue weighted by Crippen LogP contribution is -2.60. The zero-order valence-corrected chi connectivity index (χ0v) is 10.7. The number of aliphatic carboxylic acids is 1. The van der Waals surface area contributed by atoms with E-state index >= 15 is 0 Å². The summed E-state index contributed by atoms with van der Waals surface area (Å²) in [6.07, 6.45) is 0.537. The average molecular weight is 277 g/mol. The van der Waals surface area contributed by atoms with Crippen molar-refractivity contribution in [2.45, 2.75) is 18.4 Å². The third-order valence-electron chi connectivity index (χ3n) is 2.73. The van der Waals surface area contributed by atoms with Crippen molar-refractivity contribution < 1.29 is 24.4 Å². The topological polar surface area (TPSA) is 101 Å². The summed E-state index contributed by atoms with van der Waals surface area (Å²) in [6, 6.07) is 0. The van der Waals surface area contributed by atoms with Gasteiger partial charge in [0.05, 0.1) is 12.0 Å². The van der Waals surface area contributed by atoms with E-state index in [9.17, 15) is 19.2 Å². The van der Waals surface area contributed by atoms with E-state index in [0.29, 0.717) is 0 Å². The molecule has 1 amide bonds. The summed E-state index contributed by atoms with van der Waals surface area (Å²) < 4.78 is 11.6. The normalized spacial score (nSPS) is 31.1. The molecule has 2 aliphatic heterocycles. The van der Waals surface area contributed by atoms with Gasteiger partial charge in [-0.05, 0) is 29.9 Å². The first-order chi connectivity index (χ1) is 7.86. The van der Waals surface area contributed by atoms with Gasteiger partial charge in [-0.25, -0.2) is 4.79 Å². The van der Waals surface area contributed by atoms with E-state index in [4.69, 9.17) is 5.11 Å². The number of carbonyl (C=O) groups is 2. The van der Waals surface area contributed by atoms with Crippen molar-refractivity contribution in [3.8, 4) is 0 Å². The number of amides is 1. The highest BCUT2D eigenvalue weighted by atomic mass is 32.3. The number of carboxylic acid groups (broad SMARTS) is 1. The summed E-state index contributed by atoms with van der Waals surface area (Å²) in [5.74, 6) is -2.30. The van der Waals surface area contributed by atoms with E-state index < -0.39 is 40.4 Å². The molecule has 0 aromatic heterocycles. The Labute approximate surface area is 105 Å². The Hall–Kier alpha value is -0.700. The van der Waals surface area contributed by atoms with Gasteiger partial charge in [-0.2, -0.15) is 0 Å². The zero-order valence-electron chi connectivity index (χ0n) is 9.11. The predicted molar refractivity (Wildman–Crippen MR) is 62.1 cm³/mol. The summed E-state index contributed by atoms with van der Waals surface area (Å²) in [5.41, 5.74) is -0.206. The second-order valence-electron chi connectivity index (χ2n) is 3.88. The van der Waals surface area contributed by atoms with Crippen LogP contribution in [0.4, 0.5) is 0 Å². The minimum absolute atomic E-state index is 0.194. The number of carboxylic acids is 1. The number of carbonyl (C=O) groups excluding carboxylic acids is 1. The molecule has 0 aliphatic carbocycles. The molecular formula is C9H11NO5S2. The second kappa shape index (κ2) is 4.20. The van der Waals surface area contributed by atoms with Crippen LogP contribution in [0.15, 0.2) is 9.93 Å². The Morgan fingerprint density at radius 2 is 2.24 bits per heavy atom. The number of hydrogen-bond acceptors (Lipinski definition) is 5. The van der Waals surface area contributed by atoms with Crippen LogP contribution in [-0.4, -0.2) is 49.3 Å². The van der Waals surface area contributed by atoms with Crippen LogP contribution in [-0.2, 0) is 20.8 Å². The highest BCUT2D eigenvalue weighted by Crippen LogP contribution is 2.51. The molecular weight excluding hydrogens is 266 g/mol. The summed E-state index contributed by atoms with van der Waals surface area (Å²) in [5, 5.41) is 18.0. The molecule has 94 valence electrons. The minimum atomic E-state index is -1.45. The Morgan fingerprint density at radius 1 is 1.65 bits per heavy atom. The Kier molecular flexibility index (Phi) is 3.15. The van der Waals surface area contributed by atoms with Crippen molar-refractivity contribution in [2.24, 2.45) is 5.92 Å². The van der Waals surface area contributed by atoms with E-state index in [1.807, 2.05) is 0 Å². The molecule has 0 bridgehead atoms. The molecule has 0 aromatic rings. The number of β-lactam (4-membered cyclic amide) rings is 1. The van der Waals surface area contributed by atoms with Crippen molar-refractivity contribution in [3.05, 3.63) is 9.93 Å². The van der Waals surface area contributed by atoms with Gasteiger partial charge in [0.15, 0.2) is 5.70 Å². The van der Waals surface area contributed by atoms with Crippen molar-refractivity contribution in [3.63, 3.8) is 0 Å². The van der Waals surface area contributed by atoms with E-state index in [2.05, 4.69) is 0 Å². The van der Waals surface area contributed by atoms with Crippen LogP contribution in [0.1, 0.15) is 6.92 Å². The zero-order chi connectivity index (χ0) is 12.9. The summed E-state index contributed by atoms with van der Waals surface area (Å²) in [7, 11) is 0. The monoisotopic (exact) mass is 277 g/mol. The van der Waals surface area contributed by atoms with Crippen LogP contribution in [0.5, 0.6) is 0 Å². The Morgan fingerprint density at radius 3 is 2.65 bits per heavy atom. The molecule has 0 spiro atoms. The van der Waals surface area contributed by atoms with Gasteiger partial charge in [0.2, 0.25) is 10.1 Å². The fourth-order valence-electron chi connectivity index (χ4n) is 1.95. The fraction of sp³-hybridized carbons (Fsp3) is 0.556. The van der Waals surface area contributed by atoms with Gasteiger partial charge in [-0.15, -0.1) is 0 Å². The van der Waals surface area contributed by atoms with Crippen LogP contribution in [0.2, 0.25) is 0 Å². The maximum atomic E-state index is 11.7. The van der Waals surface area contributed by atoms with Crippen molar-refractivity contribution in [2.75, 3.05) is 6.26 Å². The molecule has 0 radical (unpaired) electrons. The number of fused-ring (bicyclic) bond motifs is 1. The first kappa shape index (κ1) is 12.7. The molecule has 8 heteroatoms. The number of aliphatic hydroxyl groups is 1. The van der Waals surface area contributed by atoms with Crippen molar-refractivity contribution in [1.29, 1.82) is 0 Å². The molecule has 6 nitrogen and oxygen atoms in total. The molecule has 0 aromatic carbocycles. The summed E-state index contributed by atoms with van der Waals surface area (Å²) >= 11 is -0.361. The number of hydrogen-bond donors (Lipinski definition) is 2. The van der Waals surface area contributed by atoms with Gasteiger partial charge in [0, 0.05) is 0 Å². The number of nitrogens with zero attached hydrogens (tertiary/aromatic N) is 1. The van der Waals surface area contributed by atoms with Crippen LogP contribution >= 0.6 is 11.8 Å². The van der Waals surface area contributed by atoms with Gasteiger partial charge < -0.3 is 14.8 Å². The van der Waals surface area contributed by atoms with E-state index in [1.54, 1.807) is 0 Å². The smallest absolute Gasteiger partial charge is 0.358 e. The molecule has 1 unspecified atom stereocenters. The SMILES string of the molecule is C[C@H](O)[C@@H]1C(=O)N2C(C(=O)O)=C([S+](C)[O-])S[C@H]12. The highest BCUT2D eigenvalue weighted by Gasteiger charge is 2.59. The molecule has 17 heavy (non-hydrogen) atoms. The first-order valence-electron chi connectivity index (χ1n) is 4.85. The van der Waals surface area contributed by atoms with Gasteiger partial charge in [-0.3, -0.25) is 9.69 Å². The molecule has 2 N–H and O–H groups in total.